The van der Waals surface area contributed by atoms with Crippen molar-refractivity contribution in [2.45, 2.75) is 31.1 Å². The van der Waals surface area contributed by atoms with Crippen molar-refractivity contribution in [3.63, 3.8) is 0 Å². The van der Waals surface area contributed by atoms with Gasteiger partial charge in [0.05, 0.1) is 6.61 Å². The molecule has 0 aromatic rings. The molecule has 1 heterocycles. The second kappa shape index (κ2) is 7.14. The lowest BCUT2D eigenvalue weighted by Gasteiger charge is -2.26. The minimum Gasteiger partial charge on any atom is -0.395 e. The monoisotopic (exact) mass is 246 g/mol. The minimum absolute atomic E-state index is 0.0300. The fourth-order valence-electron chi connectivity index (χ4n) is 1.96. The van der Waals surface area contributed by atoms with E-state index in [0.29, 0.717) is 0 Å². The minimum atomic E-state index is 0.0300. The number of hydrogen-bond acceptors (Lipinski definition) is 4. The second-order valence-electron chi connectivity index (χ2n) is 4.28. The van der Waals surface area contributed by atoms with Gasteiger partial charge in [0.2, 0.25) is 5.91 Å². The molecule has 1 saturated heterocycles. The maximum atomic E-state index is 11.9. The number of thioether (sulfide) groups is 1. The van der Waals surface area contributed by atoms with Gasteiger partial charge in [0, 0.05) is 17.2 Å². The highest BCUT2D eigenvalue weighted by atomic mass is 32.2. The quantitative estimate of drug-likeness (QED) is 0.649. The lowest BCUT2D eigenvalue weighted by atomic mass is 9.97. The standard InChI is InChI=1S/C11H22N2O2S/c1-8(10(7-14)16-2)13-11(15)9-3-5-12-6-4-9/h8-10,12,14H,3-7H2,1-2H3,(H,13,15). The van der Waals surface area contributed by atoms with Crippen LogP contribution in [0.15, 0.2) is 0 Å². The Hall–Kier alpha value is -0.260. The first-order chi connectivity index (χ1) is 7.69. The van der Waals surface area contributed by atoms with Crippen LogP contribution >= 0.6 is 11.8 Å². The summed E-state index contributed by atoms with van der Waals surface area (Å²) in [6.07, 6.45) is 3.79. The number of aliphatic hydroxyl groups is 1. The smallest absolute Gasteiger partial charge is 0.223 e. The lowest BCUT2D eigenvalue weighted by molar-refractivity contribution is -0.126. The Kier molecular flexibility index (Phi) is 6.16. The van der Waals surface area contributed by atoms with Gasteiger partial charge in [0.25, 0.3) is 0 Å². The molecule has 16 heavy (non-hydrogen) atoms. The van der Waals surface area contributed by atoms with Crippen molar-refractivity contribution in [2.24, 2.45) is 5.92 Å². The first kappa shape index (κ1) is 13.8. The van der Waals surface area contributed by atoms with Crippen molar-refractivity contribution in [2.75, 3.05) is 26.0 Å². The van der Waals surface area contributed by atoms with Crippen LogP contribution in [-0.2, 0) is 4.79 Å². The first-order valence-electron chi connectivity index (χ1n) is 5.83. The molecule has 0 radical (unpaired) electrons. The fourth-order valence-corrected chi connectivity index (χ4v) is 2.58. The average Bonchev–Trinajstić information content (AvgIpc) is 2.31. The third-order valence-corrected chi connectivity index (χ3v) is 4.28. The number of piperidine rings is 1. The summed E-state index contributed by atoms with van der Waals surface area (Å²) in [5.41, 5.74) is 0. The SMILES string of the molecule is CSC(CO)C(C)NC(=O)C1CCNCC1. The number of amides is 1. The Bertz CT molecular complexity index is 216. The van der Waals surface area contributed by atoms with E-state index in [1.807, 2.05) is 13.2 Å². The highest BCUT2D eigenvalue weighted by Gasteiger charge is 2.24. The Balaban J connectivity index is 2.37. The zero-order chi connectivity index (χ0) is 12.0. The van der Waals surface area contributed by atoms with E-state index in [1.165, 1.54) is 0 Å². The van der Waals surface area contributed by atoms with E-state index in [9.17, 15) is 4.79 Å². The molecular formula is C11H22N2O2S. The average molecular weight is 246 g/mol. The van der Waals surface area contributed by atoms with Crippen LogP contribution in [0.25, 0.3) is 0 Å². The van der Waals surface area contributed by atoms with Crippen LogP contribution in [0.1, 0.15) is 19.8 Å². The van der Waals surface area contributed by atoms with Crippen molar-refractivity contribution in [3.8, 4) is 0 Å². The third-order valence-electron chi connectivity index (χ3n) is 3.12. The van der Waals surface area contributed by atoms with E-state index in [-0.39, 0.29) is 29.7 Å². The third kappa shape index (κ3) is 3.96. The van der Waals surface area contributed by atoms with Gasteiger partial charge in [-0.1, -0.05) is 0 Å². The molecule has 1 aliphatic heterocycles. The molecule has 0 aliphatic carbocycles. The lowest BCUT2D eigenvalue weighted by Crippen LogP contribution is -2.46. The molecule has 1 rings (SSSR count). The summed E-state index contributed by atoms with van der Waals surface area (Å²) < 4.78 is 0. The van der Waals surface area contributed by atoms with E-state index in [4.69, 9.17) is 5.11 Å². The van der Waals surface area contributed by atoms with E-state index >= 15 is 0 Å². The van der Waals surface area contributed by atoms with Crippen LogP contribution in [0.5, 0.6) is 0 Å². The maximum Gasteiger partial charge on any atom is 0.223 e. The van der Waals surface area contributed by atoms with Gasteiger partial charge in [0.1, 0.15) is 0 Å². The van der Waals surface area contributed by atoms with Crippen molar-refractivity contribution in [3.05, 3.63) is 0 Å². The number of carbonyl (C=O) groups is 1. The maximum absolute atomic E-state index is 11.9. The number of aliphatic hydroxyl groups excluding tert-OH is 1. The van der Waals surface area contributed by atoms with Gasteiger partial charge in [-0.2, -0.15) is 11.8 Å². The van der Waals surface area contributed by atoms with Gasteiger partial charge >= 0.3 is 0 Å². The van der Waals surface area contributed by atoms with Crippen LogP contribution in [0.2, 0.25) is 0 Å². The normalized spacial score (nSPS) is 21.4. The molecule has 2 atom stereocenters. The van der Waals surface area contributed by atoms with Crippen molar-refractivity contribution >= 4 is 17.7 Å². The summed E-state index contributed by atoms with van der Waals surface area (Å²) in [4.78, 5) is 11.9. The largest absolute Gasteiger partial charge is 0.395 e. The Morgan fingerprint density at radius 1 is 1.56 bits per heavy atom. The summed E-state index contributed by atoms with van der Waals surface area (Å²) in [7, 11) is 0. The van der Waals surface area contributed by atoms with Crippen LogP contribution < -0.4 is 10.6 Å². The molecule has 3 N–H and O–H groups in total. The van der Waals surface area contributed by atoms with Gasteiger partial charge in [-0.3, -0.25) is 4.79 Å². The topological polar surface area (TPSA) is 61.4 Å². The van der Waals surface area contributed by atoms with Gasteiger partial charge in [0.15, 0.2) is 0 Å². The van der Waals surface area contributed by atoms with Crippen molar-refractivity contribution < 1.29 is 9.90 Å². The van der Waals surface area contributed by atoms with Crippen LogP contribution in [0.4, 0.5) is 0 Å². The molecule has 4 nitrogen and oxygen atoms in total. The number of hydrogen-bond donors (Lipinski definition) is 3. The highest BCUT2D eigenvalue weighted by Crippen LogP contribution is 2.14. The van der Waals surface area contributed by atoms with Crippen LogP contribution in [0, 0.1) is 5.92 Å². The fraction of sp³-hybridized carbons (Fsp3) is 0.909. The summed E-state index contributed by atoms with van der Waals surface area (Å²) in [6, 6.07) is 0.0300. The number of nitrogens with one attached hydrogen (secondary N) is 2. The van der Waals surface area contributed by atoms with E-state index < -0.39 is 0 Å². The van der Waals surface area contributed by atoms with Crippen molar-refractivity contribution in [1.29, 1.82) is 0 Å². The van der Waals surface area contributed by atoms with Gasteiger partial charge in [-0.25, -0.2) is 0 Å². The molecule has 0 bridgehead atoms. The summed E-state index contributed by atoms with van der Waals surface area (Å²) in [5.74, 6) is 0.284. The Morgan fingerprint density at radius 2 is 2.19 bits per heavy atom. The predicted molar refractivity (Wildman–Crippen MR) is 67.6 cm³/mol. The van der Waals surface area contributed by atoms with Gasteiger partial charge in [-0.15, -0.1) is 0 Å². The molecule has 0 aromatic heterocycles. The second-order valence-corrected chi connectivity index (χ2v) is 5.36. The Morgan fingerprint density at radius 3 is 2.69 bits per heavy atom. The molecule has 1 fully saturated rings. The highest BCUT2D eigenvalue weighted by molar-refractivity contribution is 7.99. The molecule has 0 aromatic carbocycles. The molecule has 5 heteroatoms. The summed E-state index contributed by atoms with van der Waals surface area (Å²) in [5, 5.41) is 15.5. The zero-order valence-electron chi connectivity index (χ0n) is 10.0. The Labute approximate surface area is 102 Å². The van der Waals surface area contributed by atoms with E-state index in [0.717, 1.165) is 25.9 Å². The van der Waals surface area contributed by atoms with Gasteiger partial charge < -0.3 is 15.7 Å². The molecule has 1 amide bonds. The molecule has 94 valence electrons. The molecule has 0 spiro atoms. The summed E-state index contributed by atoms with van der Waals surface area (Å²) >= 11 is 1.59. The number of carbonyl (C=O) groups excluding carboxylic acids is 1. The predicted octanol–water partition coefficient (Wildman–Crippen LogP) is 0.215. The summed E-state index contributed by atoms with van der Waals surface area (Å²) in [6.45, 7) is 3.92. The zero-order valence-corrected chi connectivity index (χ0v) is 10.8. The van der Waals surface area contributed by atoms with E-state index in [1.54, 1.807) is 11.8 Å². The molecule has 0 saturated carbocycles. The number of rotatable bonds is 5. The van der Waals surface area contributed by atoms with Crippen LogP contribution in [-0.4, -0.2) is 48.3 Å². The van der Waals surface area contributed by atoms with Crippen LogP contribution in [0.3, 0.4) is 0 Å². The first-order valence-corrected chi connectivity index (χ1v) is 7.12. The molecular weight excluding hydrogens is 224 g/mol. The van der Waals surface area contributed by atoms with Gasteiger partial charge in [-0.05, 0) is 39.1 Å². The molecule has 2 unspecified atom stereocenters. The molecule has 1 aliphatic rings. The van der Waals surface area contributed by atoms with Crippen molar-refractivity contribution in [1.82, 2.24) is 10.6 Å². The van der Waals surface area contributed by atoms with E-state index in [2.05, 4.69) is 10.6 Å².